The molecule has 0 saturated carbocycles. The predicted molar refractivity (Wildman–Crippen MR) is 103 cm³/mol. The number of nitrogens with zero attached hydrogens (tertiary/aromatic N) is 1. The number of benzene rings is 1. The molecule has 1 amide bonds. The van der Waals surface area contributed by atoms with Gasteiger partial charge in [0.25, 0.3) is 0 Å². The van der Waals surface area contributed by atoms with E-state index in [1.54, 1.807) is 13.8 Å². The van der Waals surface area contributed by atoms with Gasteiger partial charge in [-0.15, -0.1) is 24.0 Å². The summed E-state index contributed by atoms with van der Waals surface area (Å²) in [7, 11) is 1.47. The van der Waals surface area contributed by atoms with E-state index >= 15 is 0 Å². The molecule has 1 aromatic carbocycles. The Morgan fingerprint density at radius 3 is 2.31 bits per heavy atom. The molecule has 0 aliphatic rings. The SMILES string of the molecule is CN=C(NCCNC(=O)C(C)C)NCc1ccc(F)cc1C(F)(F)F.I. The Hall–Kier alpha value is -1.59. The molecule has 0 atom stereocenters. The molecule has 0 fully saturated rings. The fraction of sp³-hybridized carbons (Fsp3) is 0.500. The van der Waals surface area contributed by atoms with Gasteiger partial charge >= 0.3 is 6.18 Å². The fourth-order valence-corrected chi connectivity index (χ4v) is 1.94. The Morgan fingerprint density at radius 2 is 1.77 bits per heavy atom. The summed E-state index contributed by atoms with van der Waals surface area (Å²) in [6, 6.07) is 2.53. The zero-order valence-electron chi connectivity index (χ0n) is 14.7. The maximum atomic E-state index is 13.1. The van der Waals surface area contributed by atoms with Gasteiger partial charge in [-0.2, -0.15) is 13.2 Å². The van der Waals surface area contributed by atoms with Crippen molar-refractivity contribution in [2.75, 3.05) is 20.1 Å². The van der Waals surface area contributed by atoms with Crippen LogP contribution in [0.15, 0.2) is 23.2 Å². The summed E-state index contributed by atoms with van der Waals surface area (Å²) in [5, 5.41) is 8.30. The maximum absolute atomic E-state index is 13.1. The van der Waals surface area contributed by atoms with Crippen molar-refractivity contribution in [3.63, 3.8) is 0 Å². The van der Waals surface area contributed by atoms with Crippen LogP contribution in [0.3, 0.4) is 0 Å². The van der Waals surface area contributed by atoms with Crippen molar-refractivity contribution in [2.45, 2.75) is 26.6 Å². The lowest BCUT2D eigenvalue weighted by Crippen LogP contribution is -2.42. The summed E-state index contributed by atoms with van der Waals surface area (Å²) in [4.78, 5) is 15.3. The van der Waals surface area contributed by atoms with E-state index in [4.69, 9.17) is 0 Å². The van der Waals surface area contributed by atoms with Gasteiger partial charge < -0.3 is 16.0 Å². The normalized spacial score (nSPS) is 11.8. The minimum Gasteiger partial charge on any atom is -0.355 e. The smallest absolute Gasteiger partial charge is 0.355 e. The van der Waals surface area contributed by atoms with E-state index in [0.29, 0.717) is 19.2 Å². The van der Waals surface area contributed by atoms with E-state index in [9.17, 15) is 22.4 Å². The third kappa shape index (κ3) is 8.19. The quantitative estimate of drug-likeness (QED) is 0.189. The molecule has 148 valence electrons. The van der Waals surface area contributed by atoms with E-state index in [2.05, 4.69) is 20.9 Å². The van der Waals surface area contributed by atoms with Crippen molar-refractivity contribution in [3.05, 3.63) is 35.1 Å². The molecule has 10 heteroatoms. The highest BCUT2D eigenvalue weighted by Gasteiger charge is 2.33. The summed E-state index contributed by atoms with van der Waals surface area (Å²) in [6.07, 6.45) is -4.64. The number of carbonyl (C=O) groups is 1. The van der Waals surface area contributed by atoms with Crippen LogP contribution in [0.1, 0.15) is 25.0 Å². The molecule has 5 nitrogen and oxygen atoms in total. The number of alkyl halides is 3. The van der Waals surface area contributed by atoms with Crippen molar-refractivity contribution < 1.29 is 22.4 Å². The highest BCUT2D eigenvalue weighted by atomic mass is 127. The number of hydrogen-bond acceptors (Lipinski definition) is 2. The van der Waals surface area contributed by atoms with Crippen LogP contribution in [0.4, 0.5) is 17.6 Å². The number of nitrogens with one attached hydrogen (secondary N) is 3. The Bertz CT molecular complexity index is 621. The van der Waals surface area contributed by atoms with Gasteiger partial charge in [-0.1, -0.05) is 19.9 Å². The van der Waals surface area contributed by atoms with Gasteiger partial charge in [0.1, 0.15) is 5.82 Å². The van der Waals surface area contributed by atoms with E-state index in [0.717, 1.165) is 12.1 Å². The molecule has 0 spiro atoms. The monoisotopic (exact) mass is 490 g/mol. The topological polar surface area (TPSA) is 65.5 Å². The second-order valence-electron chi connectivity index (χ2n) is 5.60. The van der Waals surface area contributed by atoms with Gasteiger partial charge in [-0.3, -0.25) is 9.79 Å². The van der Waals surface area contributed by atoms with Crippen molar-refractivity contribution in [3.8, 4) is 0 Å². The first-order valence-corrected chi connectivity index (χ1v) is 7.73. The minimum atomic E-state index is -4.64. The van der Waals surface area contributed by atoms with E-state index in [-0.39, 0.29) is 53.9 Å². The Morgan fingerprint density at radius 1 is 1.15 bits per heavy atom. The number of rotatable bonds is 6. The molecular weight excluding hydrogens is 467 g/mol. The predicted octanol–water partition coefficient (Wildman–Crippen LogP) is 2.90. The molecule has 1 aromatic rings. The van der Waals surface area contributed by atoms with Crippen molar-refractivity contribution in [2.24, 2.45) is 10.9 Å². The lowest BCUT2D eigenvalue weighted by atomic mass is 10.1. The molecular formula is C16H23F4IN4O. The standard InChI is InChI=1S/C16H22F4N4O.HI/c1-10(2)14(25)22-6-7-23-15(21-3)24-9-11-4-5-12(17)8-13(11)16(18,19)20;/h4-5,8,10H,6-7,9H2,1-3H3,(H,22,25)(H2,21,23,24);1H. The summed E-state index contributed by atoms with van der Waals surface area (Å²) in [5.74, 6) is -0.890. The molecule has 0 radical (unpaired) electrons. The van der Waals surface area contributed by atoms with Gasteiger partial charge in [-0.25, -0.2) is 4.39 Å². The van der Waals surface area contributed by atoms with Gasteiger partial charge in [-0.05, 0) is 17.7 Å². The van der Waals surface area contributed by atoms with Gasteiger partial charge in [0.15, 0.2) is 5.96 Å². The first-order chi connectivity index (χ1) is 11.6. The largest absolute Gasteiger partial charge is 0.416 e. The van der Waals surface area contributed by atoms with Crippen molar-refractivity contribution >= 4 is 35.8 Å². The summed E-state index contributed by atoms with van der Waals surface area (Å²) < 4.78 is 51.9. The van der Waals surface area contributed by atoms with E-state index < -0.39 is 17.6 Å². The first-order valence-electron chi connectivity index (χ1n) is 7.73. The van der Waals surface area contributed by atoms with Gasteiger partial charge in [0, 0.05) is 32.6 Å². The third-order valence-electron chi connectivity index (χ3n) is 3.29. The van der Waals surface area contributed by atoms with Crippen molar-refractivity contribution in [1.29, 1.82) is 0 Å². The lowest BCUT2D eigenvalue weighted by Gasteiger charge is -2.16. The number of carbonyl (C=O) groups excluding carboxylic acids is 1. The maximum Gasteiger partial charge on any atom is 0.416 e. The third-order valence-corrected chi connectivity index (χ3v) is 3.29. The molecule has 0 unspecified atom stereocenters. The highest BCUT2D eigenvalue weighted by molar-refractivity contribution is 14.0. The fourth-order valence-electron chi connectivity index (χ4n) is 1.94. The number of halogens is 5. The van der Waals surface area contributed by atoms with Crippen LogP contribution >= 0.6 is 24.0 Å². The Balaban J connectivity index is 0.00000625. The second-order valence-corrected chi connectivity index (χ2v) is 5.60. The molecule has 0 bridgehead atoms. The number of hydrogen-bond donors (Lipinski definition) is 3. The molecule has 3 N–H and O–H groups in total. The van der Waals surface area contributed by atoms with Crippen LogP contribution < -0.4 is 16.0 Å². The lowest BCUT2D eigenvalue weighted by molar-refractivity contribution is -0.138. The van der Waals surface area contributed by atoms with Crippen molar-refractivity contribution in [1.82, 2.24) is 16.0 Å². The second kappa shape index (κ2) is 11.2. The molecule has 0 aromatic heterocycles. The molecule has 0 saturated heterocycles. The minimum absolute atomic E-state index is 0. The summed E-state index contributed by atoms with van der Waals surface area (Å²) in [5.41, 5.74) is -1.12. The van der Waals surface area contributed by atoms with Gasteiger partial charge in [0.05, 0.1) is 5.56 Å². The van der Waals surface area contributed by atoms with E-state index in [1.165, 1.54) is 7.05 Å². The summed E-state index contributed by atoms with van der Waals surface area (Å²) in [6.45, 7) is 4.07. The zero-order valence-corrected chi connectivity index (χ0v) is 17.0. The molecule has 1 rings (SSSR count). The van der Waals surface area contributed by atoms with Crippen LogP contribution in [-0.4, -0.2) is 32.0 Å². The zero-order chi connectivity index (χ0) is 19.0. The van der Waals surface area contributed by atoms with Crippen LogP contribution in [0.5, 0.6) is 0 Å². The number of amides is 1. The Labute approximate surface area is 167 Å². The first kappa shape index (κ1) is 24.4. The number of aliphatic imine (C=N–C) groups is 1. The van der Waals surface area contributed by atoms with Crippen LogP contribution in [0, 0.1) is 11.7 Å². The molecule has 0 aliphatic heterocycles. The van der Waals surface area contributed by atoms with Crippen LogP contribution in [-0.2, 0) is 17.5 Å². The molecule has 0 heterocycles. The molecule has 0 aliphatic carbocycles. The van der Waals surface area contributed by atoms with Crippen LogP contribution in [0.2, 0.25) is 0 Å². The Kier molecular flexibility index (Phi) is 10.5. The average Bonchev–Trinajstić information content (AvgIpc) is 2.53. The highest BCUT2D eigenvalue weighted by Crippen LogP contribution is 2.32. The molecule has 26 heavy (non-hydrogen) atoms. The average molecular weight is 490 g/mol. The number of guanidine groups is 1. The summed E-state index contributed by atoms with van der Waals surface area (Å²) >= 11 is 0. The van der Waals surface area contributed by atoms with Crippen LogP contribution in [0.25, 0.3) is 0 Å². The van der Waals surface area contributed by atoms with E-state index in [1.807, 2.05) is 0 Å². The van der Waals surface area contributed by atoms with Gasteiger partial charge in [0.2, 0.25) is 5.91 Å².